The van der Waals surface area contributed by atoms with E-state index in [1.165, 1.54) is 0 Å². The molecule has 1 heterocycles. The molecule has 1 aromatic heterocycles. The van der Waals surface area contributed by atoms with E-state index < -0.39 is 0 Å². The van der Waals surface area contributed by atoms with Crippen molar-refractivity contribution in [1.29, 1.82) is 0 Å². The fourth-order valence-electron chi connectivity index (χ4n) is 2.23. The first-order valence-electron chi connectivity index (χ1n) is 6.79. The van der Waals surface area contributed by atoms with Gasteiger partial charge in [-0.1, -0.05) is 29.8 Å². The number of para-hydroxylation sites is 1. The van der Waals surface area contributed by atoms with Crippen molar-refractivity contribution in [3.8, 4) is 5.75 Å². The van der Waals surface area contributed by atoms with Gasteiger partial charge in [-0.05, 0) is 31.2 Å². The van der Waals surface area contributed by atoms with Crippen molar-refractivity contribution in [2.45, 2.75) is 19.5 Å². The predicted molar refractivity (Wildman–Crippen MR) is 84.5 cm³/mol. The smallest absolute Gasteiger partial charge is 0.124 e. The number of rotatable bonds is 4. The van der Waals surface area contributed by atoms with Gasteiger partial charge in [0.1, 0.15) is 11.6 Å². The zero-order chi connectivity index (χ0) is 14.8. The van der Waals surface area contributed by atoms with Crippen LogP contribution in [0.5, 0.6) is 5.75 Å². The highest BCUT2D eigenvalue weighted by Gasteiger charge is 2.11. The SMILES string of the molecule is C[C@H](NCc1ccccc1O)c1nc2ccc(Cl)cc2[nH]1. The van der Waals surface area contributed by atoms with Gasteiger partial charge in [-0.25, -0.2) is 4.98 Å². The third kappa shape index (κ3) is 3.01. The maximum Gasteiger partial charge on any atom is 0.124 e. The van der Waals surface area contributed by atoms with Crippen LogP contribution in [0.2, 0.25) is 5.02 Å². The average molecular weight is 302 g/mol. The summed E-state index contributed by atoms with van der Waals surface area (Å²) in [7, 11) is 0. The Balaban J connectivity index is 1.75. The highest BCUT2D eigenvalue weighted by atomic mass is 35.5. The Bertz CT molecular complexity index is 769. The van der Waals surface area contributed by atoms with Crippen LogP contribution in [0.3, 0.4) is 0 Å². The van der Waals surface area contributed by atoms with Crippen LogP contribution in [-0.4, -0.2) is 15.1 Å². The van der Waals surface area contributed by atoms with E-state index in [1.54, 1.807) is 6.07 Å². The van der Waals surface area contributed by atoms with Gasteiger partial charge in [0.05, 0.1) is 17.1 Å². The van der Waals surface area contributed by atoms with Gasteiger partial charge in [0.15, 0.2) is 0 Å². The summed E-state index contributed by atoms with van der Waals surface area (Å²) in [6, 6.07) is 12.9. The topological polar surface area (TPSA) is 60.9 Å². The van der Waals surface area contributed by atoms with E-state index in [0.29, 0.717) is 17.3 Å². The summed E-state index contributed by atoms with van der Waals surface area (Å²) in [6.07, 6.45) is 0. The molecule has 3 N–H and O–H groups in total. The lowest BCUT2D eigenvalue weighted by Crippen LogP contribution is -2.19. The number of hydrogen-bond acceptors (Lipinski definition) is 3. The van der Waals surface area contributed by atoms with Gasteiger partial charge < -0.3 is 15.4 Å². The highest BCUT2D eigenvalue weighted by Crippen LogP contribution is 2.21. The number of imidazole rings is 1. The van der Waals surface area contributed by atoms with Crippen molar-refractivity contribution in [3.05, 3.63) is 58.9 Å². The molecule has 0 radical (unpaired) electrons. The van der Waals surface area contributed by atoms with Crippen molar-refractivity contribution in [1.82, 2.24) is 15.3 Å². The molecule has 0 saturated carbocycles. The molecule has 3 aromatic rings. The van der Waals surface area contributed by atoms with Crippen molar-refractivity contribution in [2.24, 2.45) is 0 Å². The van der Waals surface area contributed by atoms with Crippen LogP contribution in [0, 0.1) is 0 Å². The number of nitrogens with one attached hydrogen (secondary N) is 2. The summed E-state index contributed by atoms with van der Waals surface area (Å²) in [4.78, 5) is 7.82. The van der Waals surface area contributed by atoms with Crippen LogP contribution in [0.4, 0.5) is 0 Å². The third-order valence-electron chi connectivity index (χ3n) is 3.46. The fraction of sp³-hybridized carbons (Fsp3) is 0.188. The molecular weight excluding hydrogens is 286 g/mol. The molecule has 0 unspecified atom stereocenters. The summed E-state index contributed by atoms with van der Waals surface area (Å²) >= 11 is 5.97. The summed E-state index contributed by atoms with van der Waals surface area (Å²) < 4.78 is 0. The normalized spacial score (nSPS) is 12.7. The summed E-state index contributed by atoms with van der Waals surface area (Å²) in [5.74, 6) is 1.15. The molecule has 2 aromatic carbocycles. The van der Waals surface area contributed by atoms with Crippen molar-refractivity contribution >= 4 is 22.6 Å². The average Bonchev–Trinajstić information content (AvgIpc) is 2.89. The molecule has 0 saturated heterocycles. The molecule has 0 aliphatic heterocycles. The maximum atomic E-state index is 9.76. The summed E-state index contributed by atoms with van der Waals surface area (Å²) in [6.45, 7) is 2.60. The number of benzene rings is 2. The fourth-order valence-corrected chi connectivity index (χ4v) is 2.40. The maximum absolute atomic E-state index is 9.76. The highest BCUT2D eigenvalue weighted by molar-refractivity contribution is 6.31. The Labute approximate surface area is 127 Å². The quantitative estimate of drug-likeness (QED) is 0.687. The van der Waals surface area contributed by atoms with Gasteiger partial charge in [-0.15, -0.1) is 0 Å². The molecular formula is C16H16ClN3O. The van der Waals surface area contributed by atoms with Gasteiger partial charge in [-0.3, -0.25) is 0 Å². The molecule has 0 aliphatic rings. The lowest BCUT2D eigenvalue weighted by molar-refractivity contribution is 0.459. The minimum absolute atomic E-state index is 0.0378. The van der Waals surface area contributed by atoms with Crippen LogP contribution >= 0.6 is 11.6 Å². The number of fused-ring (bicyclic) bond motifs is 1. The Morgan fingerprint density at radius 2 is 2.10 bits per heavy atom. The number of phenols is 1. The van der Waals surface area contributed by atoms with E-state index in [-0.39, 0.29) is 6.04 Å². The Hall–Kier alpha value is -2.04. The van der Waals surface area contributed by atoms with E-state index in [2.05, 4.69) is 15.3 Å². The molecule has 0 spiro atoms. The van der Waals surface area contributed by atoms with Gasteiger partial charge in [0.25, 0.3) is 0 Å². The zero-order valence-electron chi connectivity index (χ0n) is 11.6. The standard InChI is InChI=1S/C16H16ClN3O/c1-10(18-9-11-4-2-3-5-15(11)21)16-19-13-7-6-12(17)8-14(13)20-16/h2-8,10,18,21H,9H2,1H3,(H,19,20)/t10-/m0/s1. The number of aromatic nitrogens is 2. The number of halogens is 1. The van der Waals surface area contributed by atoms with E-state index in [0.717, 1.165) is 22.4 Å². The van der Waals surface area contributed by atoms with Crippen LogP contribution in [-0.2, 0) is 6.54 Å². The number of phenolic OH excluding ortho intramolecular Hbond substituents is 1. The van der Waals surface area contributed by atoms with Crippen molar-refractivity contribution in [2.75, 3.05) is 0 Å². The summed E-state index contributed by atoms with van der Waals surface area (Å²) in [5.41, 5.74) is 2.68. The summed E-state index contributed by atoms with van der Waals surface area (Å²) in [5, 5.41) is 13.8. The number of H-pyrrole nitrogens is 1. The minimum atomic E-state index is 0.0378. The Morgan fingerprint density at radius 1 is 1.29 bits per heavy atom. The molecule has 0 aliphatic carbocycles. The van der Waals surface area contributed by atoms with Gasteiger partial charge >= 0.3 is 0 Å². The van der Waals surface area contributed by atoms with Gasteiger partial charge in [0.2, 0.25) is 0 Å². The van der Waals surface area contributed by atoms with E-state index in [9.17, 15) is 5.11 Å². The van der Waals surface area contributed by atoms with E-state index in [4.69, 9.17) is 11.6 Å². The molecule has 0 bridgehead atoms. The van der Waals surface area contributed by atoms with Crippen LogP contribution in [0.15, 0.2) is 42.5 Å². The van der Waals surface area contributed by atoms with Gasteiger partial charge in [-0.2, -0.15) is 0 Å². The first kappa shape index (κ1) is 13.9. The number of hydrogen-bond donors (Lipinski definition) is 3. The molecule has 4 nitrogen and oxygen atoms in total. The van der Waals surface area contributed by atoms with E-state index in [1.807, 2.05) is 43.3 Å². The first-order valence-corrected chi connectivity index (χ1v) is 7.16. The Kier molecular flexibility index (Phi) is 3.82. The number of nitrogens with zero attached hydrogens (tertiary/aromatic N) is 1. The molecule has 0 amide bonds. The first-order chi connectivity index (χ1) is 10.1. The van der Waals surface area contributed by atoms with Crippen LogP contribution in [0.25, 0.3) is 11.0 Å². The Morgan fingerprint density at radius 3 is 2.90 bits per heavy atom. The minimum Gasteiger partial charge on any atom is -0.508 e. The lowest BCUT2D eigenvalue weighted by atomic mass is 10.2. The molecule has 0 fully saturated rings. The molecule has 21 heavy (non-hydrogen) atoms. The second kappa shape index (κ2) is 5.76. The predicted octanol–water partition coefficient (Wildman–Crippen LogP) is 3.77. The van der Waals surface area contributed by atoms with Crippen molar-refractivity contribution < 1.29 is 5.11 Å². The molecule has 3 rings (SSSR count). The number of aromatic hydroxyl groups is 1. The number of aromatic amines is 1. The van der Waals surface area contributed by atoms with Crippen LogP contribution < -0.4 is 5.32 Å². The zero-order valence-corrected chi connectivity index (χ0v) is 12.4. The van der Waals surface area contributed by atoms with Crippen LogP contribution in [0.1, 0.15) is 24.4 Å². The molecule has 108 valence electrons. The second-order valence-electron chi connectivity index (χ2n) is 5.01. The monoisotopic (exact) mass is 301 g/mol. The molecule has 1 atom stereocenters. The second-order valence-corrected chi connectivity index (χ2v) is 5.45. The lowest BCUT2D eigenvalue weighted by Gasteiger charge is -2.12. The van der Waals surface area contributed by atoms with Gasteiger partial charge in [0, 0.05) is 17.1 Å². The third-order valence-corrected chi connectivity index (χ3v) is 3.70. The van der Waals surface area contributed by atoms with E-state index >= 15 is 0 Å². The largest absolute Gasteiger partial charge is 0.508 e. The molecule has 5 heteroatoms. The van der Waals surface area contributed by atoms with Crippen molar-refractivity contribution in [3.63, 3.8) is 0 Å².